The number of carbonyl (C=O) groups excluding carboxylic acids is 4. The molecule has 1 heterocycles. The highest BCUT2D eigenvalue weighted by atomic mass is 35.5. The van der Waals surface area contributed by atoms with Crippen LogP contribution in [0.5, 0.6) is 0 Å². The first-order valence-electron chi connectivity index (χ1n) is 11.4. The molecular formula is C25H19Cl2F3N2O5. The number of nitrogens with one attached hydrogen (secondary N) is 1. The van der Waals surface area contributed by atoms with Crippen molar-refractivity contribution in [3.63, 3.8) is 0 Å². The number of benzene rings is 2. The highest BCUT2D eigenvalue weighted by Gasteiger charge is 2.66. The van der Waals surface area contributed by atoms with E-state index < -0.39 is 47.7 Å². The summed E-state index contributed by atoms with van der Waals surface area (Å²) in [6.07, 6.45) is -4.03. The molecule has 0 aromatic heterocycles. The lowest BCUT2D eigenvalue weighted by Crippen LogP contribution is -2.37. The van der Waals surface area contributed by atoms with Crippen molar-refractivity contribution in [3.8, 4) is 0 Å². The maximum atomic E-state index is 13.1. The van der Waals surface area contributed by atoms with Crippen LogP contribution in [0, 0.1) is 23.7 Å². The number of fused-ring (bicyclic) bond motifs is 5. The number of anilines is 2. The van der Waals surface area contributed by atoms with Gasteiger partial charge in [0.25, 0.3) is 5.91 Å². The molecule has 194 valence electrons. The number of para-hydroxylation sites is 1. The highest BCUT2D eigenvalue weighted by molar-refractivity contribution is 6.32. The molecule has 3 fully saturated rings. The highest BCUT2D eigenvalue weighted by Crippen LogP contribution is 2.59. The molecule has 1 saturated heterocycles. The fourth-order valence-corrected chi connectivity index (χ4v) is 6.48. The molecule has 7 nitrogen and oxygen atoms in total. The van der Waals surface area contributed by atoms with Gasteiger partial charge in [0.1, 0.15) is 0 Å². The normalized spacial score (nSPS) is 28.4. The molecule has 2 aromatic carbocycles. The fourth-order valence-electron chi connectivity index (χ4n) is 5.59. The van der Waals surface area contributed by atoms with Crippen LogP contribution in [-0.4, -0.2) is 41.1 Å². The van der Waals surface area contributed by atoms with Crippen LogP contribution in [0.2, 0.25) is 0 Å². The predicted octanol–water partition coefficient (Wildman–Crippen LogP) is 4.47. The number of halogens is 5. The van der Waals surface area contributed by atoms with Gasteiger partial charge in [-0.1, -0.05) is 12.1 Å². The Hall–Kier alpha value is -3.11. The van der Waals surface area contributed by atoms with Gasteiger partial charge in [-0.25, -0.2) is 4.79 Å². The van der Waals surface area contributed by atoms with Crippen molar-refractivity contribution in [2.75, 3.05) is 16.8 Å². The van der Waals surface area contributed by atoms with Gasteiger partial charge in [0, 0.05) is 0 Å². The Morgan fingerprint density at radius 1 is 0.946 bits per heavy atom. The largest absolute Gasteiger partial charge is 0.452 e. The number of hydrogen-bond acceptors (Lipinski definition) is 5. The molecule has 6 atom stereocenters. The molecule has 12 heteroatoms. The third-order valence-electron chi connectivity index (χ3n) is 7.19. The molecule has 3 amide bonds. The number of imide groups is 1. The van der Waals surface area contributed by atoms with Gasteiger partial charge in [-0.2, -0.15) is 13.2 Å². The van der Waals surface area contributed by atoms with Gasteiger partial charge in [-0.15, -0.1) is 23.2 Å². The van der Waals surface area contributed by atoms with Crippen LogP contribution in [0.4, 0.5) is 24.5 Å². The van der Waals surface area contributed by atoms with E-state index in [4.69, 9.17) is 27.9 Å². The summed E-state index contributed by atoms with van der Waals surface area (Å²) in [5.74, 6) is -3.90. The van der Waals surface area contributed by atoms with Gasteiger partial charge >= 0.3 is 12.1 Å². The topological polar surface area (TPSA) is 92.8 Å². The maximum Gasteiger partial charge on any atom is 0.418 e. The SMILES string of the molecule is O=C(COC(=O)c1ccc(N2C(=O)[C@@H]3[C@H]4C[C@@H]([C@@H](Cl)[C@H]4Cl)[C@H]3C2=O)cc1)Nc1ccccc1C(F)(F)F. The van der Waals surface area contributed by atoms with Gasteiger partial charge in [-0.05, 0) is 54.7 Å². The second-order valence-corrected chi connectivity index (χ2v) is 10.2. The quantitative estimate of drug-likeness (QED) is 0.334. The first-order chi connectivity index (χ1) is 17.5. The molecule has 3 aliphatic rings. The van der Waals surface area contributed by atoms with Crippen molar-refractivity contribution >= 4 is 58.3 Å². The second kappa shape index (κ2) is 9.33. The van der Waals surface area contributed by atoms with Crippen LogP contribution in [0.1, 0.15) is 22.3 Å². The van der Waals surface area contributed by atoms with Gasteiger partial charge in [0.05, 0.1) is 45.1 Å². The average Bonchev–Trinajstić information content (AvgIpc) is 3.47. The van der Waals surface area contributed by atoms with Crippen LogP contribution in [0.3, 0.4) is 0 Å². The van der Waals surface area contributed by atoms with Crippen molar-refractivity contribution in [3.05, 3.63) is 59.7 Å². The van der Waals surface area contributed by atoms with Crippen LogP contribution in [0.15, 0.2) is 48.5 Å². The van der Waals surface area contributed by atoms with Gasteiger partial charge in [0.2, 0.25) is 11.8 Å². The van der Waals surface area contributed by atoms with Crippen molar-refractivity contribution in [1.29, 1.82) is 0 Å². The summed E-state index contributed by atoms with van der Waals surface area (Å²) in [5, 5.41) is 1.33. The summed E-state index contributed by atoms with van der Waals surface area (Å²) in [5.41, 5.74) is -1.19. The molecule has 2 aliphatic carbocycles. The Balaban J connectivity index is 1.21. The summed E-state index contributed by atoms with van der Waals surface area (Å²) in [6, 6.07) is 9.89. The molecule has 5 rings (SSSR count). The number of amides is 3. The molecule has 0 unspecified atom stereocenters. The zero-order chi connectivity index (χ0) is 26.6. The molecule has 2 saturated carbocycles. The zero-order valence-electron chi connectivity index (χ0n) is 18.9. The van der Waals surface area contributed by atoms with Crippen molar-refractivity contribution in [1.82, 2.24) is 0 Å². The molecule has 2 bridgehead atoms. The van der Waals surface area contributed by atoms with E-state index in [9.17, 15) is 32.3 Å². The molecule has 1 aliphatic heterocycles. The van der Waals surface area contributed by atoms with Crippen LogP contribution < -0.4 is 10.2 Å². The minimum Gasteiger partial charge on any atom is -0.452 e. The Morgan fingerprint density at radius 2 is 1.51 bits per heavy atom. The number of hydrogen-bond donors (Lipinski definition) is 1. The molecule has 2 aromatic rings. The van der Waals surface area contributed by atoms with E-state index in [0.29, 0.717) is 6.42 Å². The van der Waals surface area contributed by atoms with Gasteiger partial charge in [0.15, 0.2) is 6.61 Å². The van der Waals surface area contributed by atoms with Crippen LogP contribution in [0.25, 0.3) is 0 Å². The minimum absolute atomic E-state index is 0.0215. The molecule has 1 N–H and O–H groups in total. The van der Waals surface area contributed by atoms with E-state index in [1.165, 1.54) is 36.4 Å². The average molecular weight is 555 g/mol. The summed E-state index contributed by atoms with van der Waals surface area (Å²) < 4.78 is 44.1. The summed E-state index contributed by atoms with van der Waals surface area (Å²) in [6.45, 7) is -0.818. The van der Waals surface area contributed by atoms with E-state index in [1.807, 2.05) is 0 Å². The third kappa shape index (κ3) is 4.35. The second-order valence-electron chi connectivity index (χ2n) is 9.23. The fraction of sp³-hybridized carbons (Fsp3) is 0.360. The lowest BCUT2D eigenvalue weighted by atomic mass is 9.80. The molecular weight excluding hydrogens is 536 g/mol. The minimum atomic E-state index is -4.67. The first kappa shape index (κ1) is 25.5. The first-order valence-corrected chi connectivity index (χ1v) is 12.3. The number of nitrogens with zero attached hydrogens (tertiary/aromatic N) is 1. The van der Waals surface area contributed by atoms with Gasteiger partial charge < -0.3 is 10.1 Å². The van der Waals surface area contributed by atoms with E-state index in [0.717, 1.165) is 17.0 Å². The molecule has 0 radical (unpaired) electrons. The smallest absolute Gasteiger partial charge is 0.418 e. The summed E-state index contributed by atoms with van der Waals surface area (Å²) in [7, 11) is 0. The van der Waals surface area contributed by atoms with Crippen LogP contribution >= 0.6 is 23.2 Å². The maximum absolute atomic E-state index is 13.1. The van der Waals surface area contributed by atoms with E-state index in [1.54, 1.807) is 0 Å². The van der Waals surface area contributed by atoms with E-state index in [2.05, 4.69) is 5.32 Å². The predicted molar refractivity (Wildman–Crippen MR) is 127 cm³/mol. The van der Waals surface area contributed by atoms with Crippen molar-refractivity contribution in [2.45, 2.75) is 23.4 Å². The number of ether oxygens (including phenoxy) is 1. The van der Waals surface area contributed by atoms with E-state index in [-0.39, 0.29) is 45.7 Å². The Kier molecular flexibility index (Phi) is 6.44. The Morgan fingerprint density at radius 3 is 2.08 bits per heavy atom. The van der Waals surface area contributed by atoms with Crippen molar-refractivity contribution in [2.24, 2.45) is 23.7 Å². The number of esters is 1. The zero-order valence-corrected chi connectivity index (χ0v) is 20.4. The van der Waals surface area contributed by atoms with Gasteiger partial charge in [-0.3, -0.25) is 19.3 Å². The lowest BCUT2D eigenvalue weighted by molar-refractivity contribution is -0.137. The number of alkyl halides is 5. The number of carbonyl (C=O) groups is 4. The monoisotopic (exact) mass is 554 g/mol. The lowest BCUT2D eigenvalue weighted by Gasteiger charge is -2.28. The van der Waals surface area contributed by atoms with Crippen LogP contribution in [-0.2, 0) is 25.3 Å². The Bertz CT molecular complexity index is 1250. The Labute approximate surface area is 218 Å². The summed E-state index contributed by atoms with van der Waals surface area (Å²) >= 11 is 12.7. The number of rotatable bonds is 5. The third-order valence-corrected chi connectivity index (χ3v) is 8.51. The standard InChI is InChI=1S/C25H19Cl2F3N2O5/c26-20-13-9-14(21(20)27)19-18(13)22(34)32(23(19)35)12-7-5-11(6-8-12)24(36)37-10-17(33)31-16-4-2-1-3-15(16)25(28,29)30/h1-8,13-14,18-21H,9-10H2,(H,31,33)/t13-,14-,18-,19-,20-,21+/m1/s1. The van der Waals surface area contributed by atoms with E-state index >= 15 is 0 Å². The molecule has 37 heavy (non-hydrogen) atoms. The summed E-state index contributed by atoms with van der Waals surface area (Å²) in [4.78, 5) is 51.7. The molecule has 0 spiro atoms. The van der Waals surface area contributed by atoms with Crippen molar-refractivity contribution < 1.29 is 37.1 Å².